The summed E-state index contributed by atoms with van der Waals surface area (Å²) < 4.78 is 8.14. The molecular formula is C24H28N4O. The Morgan fingerprint density at radius 1 is 1.10 bits per heavy atom. The molecule has 0 spiro atoms. The molecule has 0 saturated carbocycles. The number of anilines is 1. The molecule has 1 fully saturated rings. The maximum absolute atomic E-state index is 5.92. The zero-order valence-corrected chi connectivity index (χ0v) is 17.2. The lowest BCUT2D eigenvalue weighted by atomic mass is 9.93. The molecule has 150 valence electrons. The quantitative estimate of drug-likeness (QED) is 0.675. The molecule has 0 N–H and O–H groups in total. The summed E-state index contributed by atoms with van der Waals surface area (Å²) in [4.78, 5) is 9.69. The summed E-state index contributed by atoms with van der Waals surface area (Å²) >= 11 is 0. The average molecular weight is 389 g/mol. The molecule has 2 aliphatic rings. The van der Waals surface area contributed by atoms with E-state index in [-0.39, 0.29) is 0 Å². The van der Waals surface area contributed by atoms with Crippen LogP contribution in [0.2, 0.25) is 0 Å². The van der Waals surface area contributed by atoms with Crippen molar-refractivity contribution in [3.8, 4) is 5.75 Å². The maximum atomic E-state index is 5.92. The average Bonchev–Trinajstić information content (AvgIpc) is 3.22. The van der Waals surface area contributed by atoms with Gasteiger partial charge in [-0.05, 0) is 55.8 Å². The van der Waals surface area contributed by atoms with Gasteiger partial charge in [0.25, 0.3) is 0 Å². The minimum absolute atomic E-state index is 0.522. The fourth-order valence-corrected chi connectivity index (χ4v) is 4.50. The van der Waals surface area contributed by atoms with Crippen LogP contribution in [-0.2, 0) is 0 Å². The summed E-state index contributed by atoms with van der Waals surface area (Å²) in [7, 11) is 4.14. The van der Waals surface area contributed by atoms with Gasteiger partial charge in [0, 0.05) is 44.5 Å². The summed E-state index contributed by atoms with van der Waals surface area (Å²) in [6.07, 6.45) is 8.94. The van der Waals surface area contributed by atoms with E-state index >= 15 is 0 Å². The Bertz CT molecular complexity index is 1040. The van der Waals surface area contributed by atoms with Gasteiger partial charge in [-0.2, -0.15) is 0 Å². The lowest BCUT2D eigenvalue weighted by molar-refractivity contribution is 0.217. The maximum Gasteiger partial charge on any atom is 0.152 e. The van der Waals surface area contributed by atoms with Gasteiger partial charge >= 0.3 is 0 Å². The Balaban J connectivity index is 1.27. The molecule has 4 heterocycles. The van der Waals surface area contributed by atoms with E-state index in [1.165, 1.54) is 22.3 Å². The number of ether oxygens (including phenoxy) is 1. The Morgan fingerprint density at radius 2 is 1.93 bits per heavy atom. The Kier molecular flexibility index (Phi) is 4.76. The highest BCUT2D eigenvalue weighted by Gasteiger charge is 2.24. The molecule has 2 aromatic heterocycles. The van der Waals surface area contributed by atoms with Gasteiger partial charge in [0.15, 0.2) is 5.82 Å². The lowest BCUT2D eigenvalue weighted by Crippen LogP contribution is -2.35. The van der Waals surface area contributed by atoms with Crippen molar-refractivity contribution in [1.29, 1.82) is 0 Å². The number of benzene rings is 1. The van der Waals surface area contributed by atoms with Crippen molar-refractivity contribution in [1.82, 2.24) is 14.3 Å². The summed E-state index contributed by atoms with van der Waals surface area (Å²) in [5, 5.41) is 0. The minimum Gasteiger partial charge on any atom is -0.489 e. The molecule has 3 aromatic rings. The predicted octanol–water partition coefficient (Wildman–Crippen LogP) is 4.06. The van der Waals surface area contributed by atoms with Gasteiger partial charge in [-0.15, -0.1) is 0 Å². The first-order valence-electron chi connectivity index (χ1n) is 10.5. The standard InChI is InChI=1S/C24H28N4O/c1-26(2)24-22-7-5-11-28(22)16-21(25-24)19-9-12-27(13-10-19)15-18-14-20-6-3-4-8-23(20)29-17-18/h3-8,11,14,16,19H,9-10,12-13,15,17H2,1-2H3. The lowest BCUT2D eigenvalue weighted by Gasteiger charge is -2.33. The zero-order valence-electron chi connectivity index (χ0n) is 17.2. The van der Waals surface area contributed by atoms with Crippen LogP contribution in [0, 0.1) is 0 Å². The SMILES string of the molecule is CN(C)c1nc(C2CCN(CC3=Cc4ccccc4OC3)CC2)cn2cccc12. The molecule has 1 saturated heterocycles. The molecule has 0 amide bonds. The molecule has 0 aliphatic carbocycles. The second kappa shape index (κ2) is 7.56. The smallest absolute Gasteiger partial charge is 0.152 e. The van der Waals surface area contributed by atoms with Crippen LogP contribution in [0.3, 0.4) is 0 Å². The first kappa shape index (κ1) is 18.3. The number of para-hydroxylation sites is 1. The van der Waals surface area contributed by atoms with Gasteiger partial charge in [-0.3, -0.25) is 4.90 Å². The minimum atomic E-state index is 0.522. The van der Waals surface area contributed by atoms with E-state index in [2.05, 4.69) is 71.0 Å². The summed E-state index contributed by atoms with van der Waals surface area (Å²) in [5.74, 6) is 2.57. The largest absolute Gasteiger partial charge is 0.489 e. The zero-order chi connectivity index (χ0) is 19.8. The molecule has 0 radical (unpaired) electrons. The van der Waals surface area contributed by atoms with Crippen molar-refractivity contribution in [2.75, 3.05) is 45.2 Å². The number of hydrogen-bond acceptors (Lipinski definition) is 4. The van der Waals surface area contributed by atoms with E-state index < -0.39 is 0 Å². The number of fused-ring (bicyclic) bond motifs is 2. The van der Waals surface area contributed by atoms with Crippen LogP contribution in [0.1, 0.15) is 30.0 Å². The van der Waals surface area contributed by atoms with Crippen LogP contribution in [0.25, 0.3) is 11.6 Å². The topological polar surface area (TPSA) is 33.0 Å². The number of rotatable bonds is 4. The molecule has 2 aliphatic heterocycles. The van der Waals surface area contributed by atoms with Crippen molar-refractivity contribution < 1.29 is 4.74 Å². The van der Waals surface area contributed by atoms with Gasteiger partial charge in [0.2, 0.25) is 0 Å². The Hall–Kier alpha value is -2.79. The fraction of sp³-hybridized carbons (Fsp3) is 0.375. The molecule has 0 atom stereocenters. The summed E-state index contributed by atoms with van der Waals surface area (Å²) in [5.41, 5.74) is 4.94. The van der Waals surface area contributed by atoms with Crippen molar-refractivity contribution in [3.05, 3.63) is 65.6 Å². The van der Waals surface area contributed by atoms with Crippen LogP contribution >= 0.6 is 0 Å². The second-order valence-corrected chi connectivity index (χ2v) is 8.36. The predicted molar refractivity (Wildman–Crippen MR) is 118 cm³/mol. The highest BCUT2D eigenvalue weighted by molar-refractivity contribution is 5.69. The number of piperidine rings is 1. The van der Waals surface area contributed by atoms with E-state index in [1.54, 1.807) is 0 Å². The Labute approximate surface area is 172 Å². The summed E-state index contributed by atoms with van der Waals surface area (Å²) in [6.45, 7) is 3.90. The third kappa shape index (κ3) is 3.62. The molecule has 1 aromatic carbocycles. The monoisotopic (exact) mass is 388 g/mol. The fourth-order valence-electron chi connectivity index (χ4n) is 4.50. The highest BCUT2D eigenvalue weighted by Crippen LogP contribution is 2.31. The van der Waals surface area contributed by atoms with Gasteiger partial charge < -0.3 is 14.0 Å². The van der Waals surface area contributed by atoms with Crippen LogP contribution in [-0.4, -0.2) is 54.6 Å². The molecule has 0 bridgehead atoms. The number of nitrogens with zero attached hydrogens (tertiary/aromatic N) is 4. The molecule has 29 heavy (non-hydrogen) atoms. The van der Waals surface area contributed by atoms with E-state index in [1.807, 2.05) is 12.1 Å². The first-order chi connectivity index (χ1) is 14.2. The van der Waals surface area contributed by atoms with Gasteiger partial charge in [-0.25, -0.2) is 4.98 Å². The number of aromatic nitrogens is 2. The van der Waals surface area contributed by atoms with Crippen molar-refractivity contribution in [2.24, 2.45) is 0 Å². The van der Waals surface area contributed by atoms with E-state index in [0.29, 0.717) is 12.5 Å². The van der Waals surface area contributed by atoms with Crippen LogP contribution in [0.5, 0.6) is 5.75 Å². The normalized spacial score (nSPS) is 17.7. The number of likely N-dealkylation sites (tertiary alicyclic amines) is 1. The van der Waals surface area contributed by atoms with Crippen molar-refractivity contribution >= 4 is 17.4 Å². The third-order valence-corrected chi connectivity index (χ3v) is 6.06. The molecular weight excluding hydrogens is 360 g/mol. The molecule has 5 rings (SSSR count). The second-order valence-electron chi connectivity index (χ2n) is 8.36. The highest BCUT2D eigenvalue weighted by atomic mass is 16.5. The van der Waals surface area contributed by atoms with Gasteiger partial charge in [-0.1, -0.05) is 18.2 Å². The van der Waals surface area contributed by atoms with E-state index in [9.17, 15) is 0 Å². The molecule has 0 unspecified atom stereocenters. The van der Waals surface area contributed by atoms with Gasteiger partial charge in [0.05, 0.1) is 11.2 Å². The van der Waals surface area contributed by atoms with E-state index in [0.717, 1.165) is 44.0 Å². The van der Waals surface area contributed by atoms with Crippen LogP contribution < -0.4 is 9.64 Å². The summed E-state index contributed by atoms with van der Waals surface area (Å²) in [6, 6.07) is 12.5. The first-order valence-corrected chi connectivity index (χ1v) is 10.5. The van der Waals surface area contributed by atoms with Crippen molar-refractivity contribution in [3.63, 3.8) is 0 Å². The third-order valence-electron chi connectivity index (χ3n) is 6.06. The molecule has 5 heteroatoms. The number of hydrogen-bond donors (Lipinski definition) is 0. The molecule has 5 nitrogen and oxygen atoms in total. The van der Waals surface area contributed by atoms with E-state index in [4.69, 9.17) is 9.72 Å². The van der Waals surface area contributed by atoms with Crippen LogP contribution in [0.4, 0.5) is 5.82 Å². The van der Waals surface area contributed by atoms with Crippen LogP contribution in [0.15, 0.2) is 54.4 Å². The van der Waals surface area contributed by atoms with Gasteiger partial charge in [0.1, 0.15) is 12.4 Å². The van der Waals surface area contributed by atoms with Crippen molar-refractivity contribution in [2.45, 2.75) is 18.8 Å². The Morgan fingerprint density at radius 3 is 2.76 bits per heavy atom.